The predicted molar refractivity (Wildman–Crippen MR) is 109 cm³/mol. The topological polar surface area (TPSA) is 52.5 Å². The quantitative estimate of drug-likeness (QED) is 0.603. The Kier molecular flexibility index (Phi) is 7.85. The molecular formula is C22H34N2O4. The normalized spacial score (nSPS) is 26.1. The van der Waals surface area contributed by atoms with Gasteiger partial charge in [-0.2, -0.15) is 5.10 Å². The third-order valence-corrected chi connectivity index (χ3v) is 5.19. The smallest absolute Gasteiger partial charge is 0.164 e. The van der Waals surface area contributed by atoms with Gasteiger partial charge in [-0.3, -0.25) is 5.01 Å². The zero-order valence-corrected chi connectivity index (χ0v) is 17.4. The average molecular weight is 391 g/mol. The SMILES string of the molecule is COC[C@H]1CCCN1/N=C1/COC(C)(C)O[C@@H]1CCCOCc1ccccc1. The Balaban J connectivity index is 1.52. The highest BCUT2D eigenvalue weighted by Gasteiger charge is 2.35. The van der Waals surface area contributed by atoms with Gasteiger partial charge < -0.3 is 18.9 Å². The van der Waals surface area contributed by atoms with Crippen LogP contribution in [0.3, 0.4) is 0 Å². The lowest BCUT2D eigenvalue weighted by atomic mass is 10.1. The summed E-state index contributed by atoms with van der Waals surface area (Å²) in [5.41, 5.74) is 2.18. The summed E-state index contributed by atoms with van der Waals surface area (Å²) in [6, 6.07) is 10.6. The summed E-state index contributed by atoms with van der Waals surface area (Å²) in [6.45, 7) is 7.47. The van der Waals surface area contributed by atoms with Crippen molar-refractivity contribution < 1.29 is 18.9 Å². The number of nitrogens with zero attached hydrogens (tertiary/aromatic N) is 2. The number of benzene rings is 1. The summed E-state index contributed by atoms with van der Waals surface area (Å²) >= 11 is 0. The molecule has 6 nitrogen and oxygen atoms in total. The molecule has 0 bridgehead atoms. The first-order chi connectivity index (χ1) is 13.6. The van der Waals surface area contributed by atoms with Crippen molar-refractivity contribution in [3.05, 3.63) is 35.9 Å². The first-order valence-corrected chi connectivity index (χ1v) is 10.3. The maximum Gasteiger partial charge on any atom is 0.164 e. The minimum absolute atomic E-state index is 0.0344. The second-order valence-electron chi connectivity index (χ2n) is 7.98. The van der Waals surface area contributed by atoms with Gasteiger partial charge in [-0.05, 0) is 45.1 Å². The highest BCUT2D eigenvalue weighted by Crippen LogP contribution is 2.25. The highest BCUT2D eigenvalue weighted by molar-refractivity contribution is 5.90. The van der Waals surface area contributed by atoms with Crippen molar-refractivity contribution in [3.8, 4) is 0 Å². The summed E-state index contributed by atoms with van der Waals surface area (Å²) < 4.78 is 23.2. The second-order valence-corrected chi connectivity index (χ2v) is 7.98. The number of ether oxygens (including phenoxy) is 4. The molecule has 2 atom stereocenters. The second kappa shape index (κ2) is 10.3. The predicted octanol–water partition coefficient (Wildman–Crippen LogP) is 3.60. The van der Waals surface area contributed by atoms with Gasteiger partial charge in [-0.25, -0.2) is 0 Å². The van der Waals surface area contributed by atoms with E-state index in [-0.39, 0.29) is 6.10 Å². The van der Waals surface area contributed by atoms with Crippen LogP contribution in [0.15, 0.2) is 35.4 Å². The van der Waals surface area contributed by atoms with E-state index in [1.54, 1.807) is 7.11 Å². The zero-order chi connectivity index (χ0) is 19.8. The van der Waals surface area contributed by atoms with Crippen LogP contribution in [0.2, 0.25) is 0 Å². The highest BCUT2D eigenvalue weighted by atomic mass is 16.7. The Hall–Kier alpha value is -1.47. The van der Waals surface area contributed by atoms with E-state index in [4.69, 9.17) is 24.0 Å². The van der Waals surface area contributed by atoms with Crippen LogP contribution in [0.4, 0.5) is 0 Å². The van der Waals surface area contributed by atoms with Gasteiger partial charge >= 0.3 is 0 Å². The molecule has 0 aromatic heterocycles. The van der Waals surface area contributed by atoms with Gasteiger partial charge in [0.05, 0.1) is 31.6 Å². The van der Waals surface area contributed by atoms with Crippen molar-refractivity contribution in [2.45, 2.75) is 64.1 Å². The molecule has 1 aromatic carbocycles. The van der Waals surface area contributed by atoms with Crippen molar-refractivity contribution in [3.63, 3.8) is 0 Å². The van der Waals surface area contributed by atoms with Gasteiger partial charge in [0, 0.05) is 20.3 Å². The molecule has 0 N–H and O–H groups in total. The van der Waals surface area contributed by atoms with Crippen molar-refractivity contribution >= 4 is 5.71 Å². The molecule has 0 aliphatic carbocycles. The Morgan fingerprint density at radius 1 is 1.25 bits per heavy atom. The van der Waals surface area contributed by atoms with Gasteiger partial charge in [-0.15, -0.1) is 0 Å². The lowest BCUT2D eigenvalue weighted by molar-refractivity contribution is -0.236. The molecule has 2 aliphatic heterocycles. The molecule has 28 heavy (non-hydrogen) atoms. The molecule has 156 valence electrons. The van der Waals surface area contributed by atoms with Crippen molar-refractivity contribution in [2.75, 3.05) is 33.5 Å². The summed E-state index contributed by atoms with van der Waals surface area (Å²) in [7, 11) is 1.75. The van der Waals surface area contributed by atoms with E-state index in [0.717, 1.165) is 37.9 Å². The number of hydrogen-bond acceptors (Lipinski definition) is 6. The van der Waals surface area contributed by atoms with Gasteiger partial charge in [0.15, 0.2) is 5.79 Å². The fourth-order valence-electron chi connectivity index (χ4n) is 3.72. The average Bonchev–Trinajstić information content (AvgIpc) is 3.11. The van der Waals surface area contributed by atoms with E-state index in [1.165, 1.54) is 5.56 Å². The van der Waals surface area contributed by atoms with E-state index in [9.17, 15) is 0 Å². The standard InChI is InChI=1S/C22H34N2O4/c1-22(2)27-17-20(23-24-13-7-11-19(24)16-25-3)21(28-22)12-8-14-26-15-18-9-5-4-6-10-18/h4-6,9-10,19,21H,7-8,11-17H2,1-3H3/b23-20-/t19-,21-/m1/s1. The molecule has 0 amide bonds. The van der Waals surface area contributed by atoms with Crippen molar-refractivity contribution in [1.29, 1.82) is 0 Å². The van der Waals surface area contributed by atoms with Gasteiger partial charge in [-0.1, -0.05) is 30.3 Å². The Morgan fingerprint density at radius 2 is 2.07 bits per heavy atom. The Labute approximate surface area is 168 Å². The number of methoxy groups -OCH3 is 1. The zero-order valence-electron chi connectivity index (χ0n) is 17.4. The number of rotatable bonds is 9. The van der Waals surface area contributed by atoms with E-state index in [2.05, 4.69) is 17.1 Å². The molecule has 0 radical (unpaired) electrons. The Bertz CT molecular complexity index is 620. The maximum atomic E-state index is 6.19. The molecule has 1 aromatic rings. The minimum atomic E-state index is -0.578. The third-order valence-electron chi connectivity index (χ3n) is 5.19. The maximum absolute atomic E-state index is 6.19. The first-order valence-electron chi connectivity index (χ1n) is 10.3. The number of hydrazone groups is 1. The monoisotopic (exact) mass is 390 g/mol. The van der Waals surface area contributed by atoms with Crippen LogP contribution in [-0.2, 0) is 25.6 Å². The molecule has 2 heterocycles. The van der Waals surface area contributed by atoms with E-state index in [0.29, 0.717) is 32.5 Å². The third kappa shape index (κ3) is 6.27. The van der Waals surface area contributed by atoms with Crippen LogP contribution < -0.4 is 0 Å². The molecule has 2 fully saturated rings. The fraction of sp³-hybridized carbons (Fsp3) is 0.682. The molecule has 2 aliphatic rings. The van der Waals surface area contributed by atoms with E-state index in [1.807, 2.05) is 32.0 Å². The molecule has 0 saturated carbocycles. The first kappa shape index (κ1) is 21.2. The van der Waals surface area contributed by atoms with E-state index >= 15 is 0 Å². The fourth-order valence-corrected chi connectivity index (χ4v) is 3.72. The number of hydrogen-bond donors (Lipinski definition) is 0. The molecule has 2 saturated heterocycles. The minimum Gasteiger partial charge on any atom is -0.382 e. The lowest BCUT2D eigenvalue weighted by Crippen LogP contribution is -2.47. The lowest BCUT2D eigenvalue weighted by Gasteiger charge is -2.37. The van der Waals surface area contributed by atoms with Crippen LogP contribution in [0.5, 0.6) is 0 Å². The summed E-state index contributed by atoms with van der Waals surface area (Å²) in [4.78, 5) is 0. The van der Waals surface area contributed by atoms with Gasteiger partial charge in [0.1, 0.15) is 6.10 Å². The van der Waals surface area contributed by atoms with Crippen LogP contribution >= 0.6 is 0 Å². The van der Waals surface area contributed by atoms with Crippen molar-refractivity contribution in [1.82, 2.24) is 5.01 Å². The largest absolute Gasteiger partial charge is 0.382 e. The Morgan fingerprint density at radius 3 is 2.86 bits per heavy atom. The molecular weight excluding hydrogens is 356 g/mol. The summed E-state index contributed by atoms with van der Waals surface area (Å²) in [5.74, 6) is -0.578. The van der Waals surface area contributed by atoms with Crippen LogP contribution in [-0.4, -0.2) is 62.1 Å². The summed E-state index contributed by atoms with van der Waals surface area (Å²) in [6.07, 6.45) is 4.04. The molecule has 6 heteroatoms. The van der Waals surface area contributed by atoms with Crippen LogP contribution in [0, 0.1) is 0 Å². The van der Waals surface area contributed by atoms with Crippen LogP contribution in [0.25, 0.3) is 0 Å². The van der Waals surface area contributed by atoms with E-state index < -0.39 is 5.79 Å². The van der Waals surface area contributed by atoms with Gasteiger partial charge in [0.2, 0.25) is 0 Å². The van der Waals surface area contributed by atoms with Crippen LogP contribution in [0.1, 0.15) is 45.1 Å². The van der Waals surface area contributed by atoms with Gasteiger partial charge in [0.25, 0.3) is 0 Å². The summed E-state index contributed by atoms with van der Waals surface area (Å²) in [5, 5.41) is 7.06. The molecule has 0 unspecified atom stereocenters. The van der Waals surface area contributed by atoms with Crippen molar-refractivity contribution in [2.24, 2.45) is 5.10 Å². The molecule has 3 rings (SSSR count). The molecule has 0 spiro atoms.